The van der Waals surface area contributed by atoms with Crippen LogP contribution in [0.2, 0.25) is 0 Å². The third kappa shape index (κ3) is 2.73. The summed E-state index contributed by atoms with van der Waals surface area (Å²) in [5.74, 6) is -0.184. The van der Waals surface area contributed by atoms with Crippen molar-refractivity contribution in [1.82, 2.24) is 0 Å². The smallest absolute Gasteiger partial charge is 0.169 e. The van der Waals surface area contributed by atoms with Gasteiger partial charge in [-0.15, -0.1) is 0 Å². The van der Waals surface area contributed by atoms with Crippen molar-refractivity contribution in [2.24, 2.45) is 0 Å². The first kappa shape index (κ1) is 11.4. The van der Waals surface area contributed by atoms with Crippen LogP contribution in [-0.4, -0.2) is 18.0 Å². The van der Waals surface area contributed by atoms with Gasteiger partial charge in [0.15, 0.2) is 5.79 Å². The Labute approximate surface area is 93.3 Å². The fourth-order valence-electron chi connectivity index (χ4n) is 2.85. The summed E-state index contributed by atoms with van der Waals surface area (Å²) in [4.78, 5) is 0. The van der Waals surface area contributed by atoms with E-state index in [9.17, 15) is 0 Å². The summed E-state index contributed by atoms with van der Waals surface area (Å²) < 4.78 is 12.2. The minimum Gasteiger partial charge on any atom is -0.347 e. The third-order valence-corrected chi connectivity index (χ3v) is 3.69. The molecule has 0 unspecified atom stereocenters. The molecule has 2 rings (SSSR count). The summed E-state index contributed by atoms with van der Waals surface area (Å²) in [7, 11) is 0. The van der Waals surface area contributed by atoms with Crippen LogP contribution in [0.4, 0.5) is 0 Å². The summed E-state index contributed by atoms with van der Waals surface area (Å²) in [6.45, 7) is 4.41. The number of hydrogen-bond acceptors (Lipinski definition) is 2. The van der Waals surface area contributed by atoms with Gasteiger partial charge in [0.2, 0.25) is 0 Å². The molecule has 2 aliphatic rings. The van der Waals surface area contributed by atoms with E-state index >= 15 is 0 Å². The Morgan fingerprint density at radius 2 is 2.07 bits per heavy atom. The van der Waals surface area contributed by atoms with Crippen molar-refractivity contribution in [3.8, 4) is 0 Å². The molecule has 88 valence electrons. The monoisotopic (exact) mass is 212 g/mol. The van der Waals surface area contributed by atoms with Crippen molar-refractivity contribution >= 4 is 0 Å². The van der Waals surface area contributed by atoms with Crippen molar-refractivity contribution in [1.29, 1.82) is 0 Å². The Kier molecular flexibility index (Phi) is 3.68. The second-order valence-corrected chi connectivity index (χ2v) is 5.15. The van der Waals surface area contributed by atoms with Crippen LogP contribution in [0.1, 0.15) is 65.2 Å². The first-order chi connectivity index (χ1) is 7.24. The molecule has 2 fully saturated rings. The quantitative estimate of drug-likeness (QED) is 0.711. The zero-order valence-electron chi connectivity index (χ0n) is 10.1. The van der Waals surface area contributed by atoms with Gasteiger partial charge in [-0.1, -0.05) is 19.8 Å². The molecule has 0 N–H and O–H groups in total. The Morgan fingerprint density at radius 3 is 2.80 bits per heavy atom. The zero-order valence-corrected chi connectivity index (χ0v) is 10.1. The van der Waals surface area contributed by atoms with E-state index in [1.54, 1.807) is 0 Å². The van der Waals surface area contributed by atoms with Crippen LogP contribution < -0.4 is 0 Å². The van der Waals surface area contributed by atoms with E-state index in [0.29, 0.717) is 12.2 Å². The molecule has 0 bridgehead atoms. The Balaban J connectivity index is 1.84. The SMILES string of the molecule is CCCC[C@@H]1CC[C@@]2(CCC[C@H](C)O2)O1. The summed E-state index contributed by atoms with van der Waals surface area (Å²) in [6, 6.07) is 0. The minimum absolute atomic E-state index is 0.184. The second-order valence-electron chi connectivity index (χ2n) is 5.15. The van der Waals surface area contributed by atoms with E-state index in [0.717, 1.165) is 12.8 Å². The molecule has 15 heavy (non-hydrogen) atoms. The maximum Gasteiger partial charge on any atom is 0.169 e. The zero-order chi connectivity index (χ0) is 10.7. The average Bonchev–Trinajstić information content (AvgIpc) is 2.58. The topological polar surface area (TPSA) is 18.5 Å². The van der Waals surface area contributed by atoms with Crippen LogP contribution in [-0.2, 0) is 9.47 Å². The van der Waals surface area contributed by atoms with E-state index in [4.69, 9.17) is 9.47 Å². The standard InChI is InChI=1S/C13H24O2/c1-3-4-7-12-8-10-13(15-12)9-5-6-11(2)14-13/h11-12H,3-10H2,1-2H3/t11-,12+,13+/m0/s1. The van der Waals surface area contributed by atoms with Crippen LogP contribution >= 0.6 is 0 Å². The van der Waals surface area contributed by atoms with Gasteiger partial charge in [-0.05, 0) is 32.6 Å². The molecule has 0 saturated carbocycles. The van der Waals surface area contributed by atoms with Gasteiger partial charge in [-0.3, -0.25) is 0 Å². The normalized spacial score (nSPS) is 41.2. The van der Waals surface area contributed by atoms with Gasteiger partial charge in [0.05, 0.1) is 12.2 Å². The molecule has 0 radical (unpaired) electrons. The Morgan fingerprint density at radius 1 is 1.20 bits per heavy atom. The first-order valence-corrected chi connectivity index (χ1v) is 6.60. The summed E-state index contributed by atoms with van der Waals surface area (Å²) in [6.07, 6.45) is 10.5. The highest BCUT2D eigenvalue weighted by atomic mass is 16.7. The largest absolute Gasteiger partial charge is 0.347 e. The summed E-state index contributed by atoms with van der Waals surface area (Å²) >= 11 is 0. The lowest BCUT2D eigenvalue weighted by molar-refractivity contribution is -0.267. The minimum atomic E-state index is -0.184. The van der Waals surface area contributed by atoms with Crippen LogP contribution in [0.15, 0.2) is 0 Å². The van der Waals surface area contributed by atoms with Gasteiger partial charge in [0, 0.05) is 12.8 Å². The van der Waals surface area contributed by atoms with E-state index in [2.05, 4.69) is 13.8 Å². The van der Waals surface area contributed by atoms with E-state index in [-0.39, 0.29) is 5.79 Å². The van der Waals surface area contributed by atoms with Crippen LogP contribution in [0.3, 0.4) is 0 Å². The van der Waals surface area contributed by atoms with Crippen molar-refractivity contribution in [2.75, 3.05) is 0 Å². The molecular weight excluding hydrogens is 188 g/mol. The van der Waals surface area contributed by atoms with Crippen molar-refractivity contribution in [3.05, 3.63) is 0 Å². The van der Waals surface area contributed by atoms with Crippen LogP contribution in [0.5, 0.6) is 0 Å². The molecule has 2 heterocycles. The Bertz CT molecular complexity index is 205. The van der Waals surface area contributed by atoms with Crippen LogP contribution in [0.25, 0.3) is 0 Å². The van der Waals surface area contributed by atoms with Crippen molar-refractivity contribution in [3.63, 3.8) is 0 Å². The van der Waals surface area contributed by atoms with Gasteiger partial charge in [0.25, 0.3) is 0 Å². The van der Waals surface area contributed by atoms with Crippen molar-refractivity contribution in [2.45, 2.75) is 83.2 Å². The molecule has 2 heteroatoms. The second kappa shape index (κ2) is 4.84. The van der Waals surface area contributed by atoms with Gasteiger partial charge >= 0.3 is 0 Å². The third-order valence-electron chi connectivity index (χ3n) is 3.69. The molecule has 2 aliphatic heterocycles. The highest BCUT2D eigenvalue weighted by Crippen LogP contribution is 2.41. The summed E-state index contributed by atoms with van der Waals surface area (Å²) in [5.41, 5.74) is 0. The number of ether oxygens (including phenoxy) is 2. The van der Waals surface area contributed by atoms with E-state index in [1.807, 2.05) is 0 Å². The van der Waals surface area contributed by atoms with Gasteiger partial charge in [-0.2, -0.15) is 0 Å². The maximum atomic E-state index is 6.14. The fourth-order valence-corrected chi connectivity index (χ4v) is 2.85. The average molecular weight is 212 g/mol. The highest BCUT2D eigenvalue weighted by Gasteiger charge is 2.43. The molecule has 0 aromatic rings. The van der Waals surface area contributed by atoms with Crippen molar-refractivity contribution < 1.29 is 9.47 Å². The molecule has 0 aromatic carbocycles. The first-order valence-electron chi connectivity index (χ1n) is 6.60. The van der Waals surface area contributed by atoms with E-state index in [1.165, 1.54) is 38.5 Å². The lowest BCUT2D eigenvalue weighted by Crippen LogP contribution is -2.39. The van der Waals surface area contributed by atoms with Gasteiger partial charge in [-0.25, -0.2) is 0 Å². The molecule has 0 aliphatic carbocycles. The van der Waals surface area contributed by atoms with Crippen LogP contribution in [0, 0.1) is 0 Å². The molecule has 2 saturated heterocycles. The molecule has 1 spiro atoms. The lowest BCUT2D eigenvalue weighted by atomic mass is 9.99. The lowest BCUT2D eigenvalue weighted by Gasteiger charge is -2.37. The van der Waals surface area contributed by atoms with E-state index < -0.39 is 0 Å². The number of rotatable bonds is 3. The number of unbranched alkanes of at least 4 members (excludes halogenated alkanes) is 1. The fraction of sp³-hybridized carbons (Fsp3) is 1.00. The Hall–Kier alpha value is -0.0800. The predicted molar refractivity (Wildman–Crippen MR) is 60.8 cm³/mol. The molecule has 0 amide bonds. The molecule has 0 aromatic heterocycles. The predicted octanol–water partition coefficient (Wildman–Crippen LogP) is 3.64. The summed E-state index contributed by atoms with van der Waals surface area (Å²) in [5, 5.41) is 0. The van der Waals surface area contributed by atoms with Gasteiger partial charge in [0.1, 0.15) is 0 Å². The van der Waals surface area contributed by atoms with Gasteiger partial charge < -0.3 is 9.47 Å². The molecule has 3 atom stereocenters. The highest BCUT2D eigenvalue weighted by molar-refractivity contribution is 4.85. The molecular formula is C13H24O2. The number of hydrogen-bond donors (Lipinski definition) is 0. The maximum absolute atomic E-state index is 6.14. The molecule has 2 nitrogen and oxygen atoms in total.